The Morgan fingerprint density at radius 1 is 1.38 bits per heavy atom. The van der Waals surface area contributed by atoms with Gasteiger partial charge in [0.05, 0.1) is 25.0 Å². The van der Waals surface area contributed by atoms with Crippen LogP contribution in [0.15, 0.2) is 29.8 Å². The van der Waals surface area contributed by atoms with Crippen molar-refractivity contribution in [2.75, 3.05) is 38.7 Å². The van der Waals surface area contributed by atoms with Crippen LogP contribution >= 0.6 is 11.3 Å². The molecular formula is C17H21N3O3S. The molecule has 0 unspecified atom stereocenters. The number of pyridine rings is 1. The highest BCUT2D eigenvalue weighted by Gasteiger charge is 2.19. The smallest absolute Gasteiger partial charge is 0.238 e. The molecule has 1 N–H and O–H groups in total. The summed E-state index contributed by atoms with van der Waals surface area (Å²) in [5.74, 6) is 0.495. The third kappa shape index (κ3) is 4.53. The predicted molar refractivity (Wildman–Crippen MR) is 93.5 cm³/mol. The molecule has 0 saturated carbocycles. The van der Waals surface area contributed by atoms with Gasteiger partial charge in [0.15, 0.2) is 0 Å². The van der Waals surface area contributed by atoms with Crippen molar-refractivity contribution in [1.82, 2.24) is 9.88 Å². The standard InChI is InChI=1S/C17H21N3O3S/c1-22-7-8-23-17-3-2-14(10-18-17)19-16(21)12-20-6-4-15-13(11-20)5-9-24-15/h2-3,5,9-10H,4,6-8,11-12H2,1H3,(H,19,21). The molecule has 0 atom stereocenters. The molecule has 1 aliphatic rings. The van der Waals surface area contributed by atoms with E-state index in [4.69, 9.17) is 9.47 Å². The first-order valence-corrected chi connectivity index (χ1v) is 8.78. The van der Waals surface area contributed by atoms with Crippen LogP contribution in [0.25, 0.3) is 0 Å². The molecule has 0 saturated heterocycles. The number of carbonyl (C=O) groups is 1. The maximum Gasteiger partial charge on any atom is 0.238 e. The SMILES string of the molecule is COCCOc1ccc(NC(=O)CN2CCc3sccc3C2)cn1. The van der Waals surface area contributed by atoms with Crippen LogP contribution in [0.3, 0.4) is 0 Å². The summed E-state index contributed by atoms with van der Waals surface area (Å²) >= 11 is 1.80. The van der Waals surface area contributed by atoms with E-state index in [1.807, 2.05) is 0 Å². The number of anilines is 1. The number of ether oxygens (including phenoxy) is 2. The Kier molecular flexibility index (Phi) is 5.79. The summed E-state index contributed by atoms with van der Waals surface area (Å²) in [5.41, 5.74) is 2.02. The fraction of sp³-hybridized carbons (Fsp3) is 0.412. The molecule has 3 rings (SSSR count). The number of amides is 1. The average Bonchev–Trinajstić information content (AvgIpc) is 3.04. The van der Waals surface area contributed by atoms with E-state index in [9.17, 15) is 4.79 Å². The lowest BCUT2D eigenvalue weighted by Gasteiger charge is -2.26. The molecule has 0 fully saturated rings. The van der Waals surface area contributed by atoms with Gasteiger partial charge in [0.1, 0.15) is 6.61 Å². The number of nitrogens with one attached hydrogen (secondary N) is 1. The second-order valence-corrected chi connectivity index (χ2v) is 6.60. The van der Waals surface area contributed by atoms with Gasteiger partial charge in [-0.05, 0) is 29.5 Å². The van der Waals surface area contributed by atoms with Crippen molar-refractivity contribution in [3.8, 4) is 5.88 Å². The molecule has 1 amide bonds. The highest BCUT2D eigenvalue weighted by Crippen LogP contribution is 2.23. The molecule has 2 aromatic heterocycles. The lowest BCUT2D eigenvalue weighted by molar-refractivity contribution is -0.117. The van der Waals surface area contributed by atoms with E-state index in [0.29, 0.717) is 31.3 Å². The molecule has 0 aromatic carbocycles. The first-order valence-electron chi connectivity index (χ1n) is 7.90. The van der Waals surface area contributed by atoms with Crippen LogP contribution in [0, 0.1) is 0 Å². The van der Waals surface area contributed by atoms with Crippen LogP contribution in [0.1, 0.15) is 10.4 Å². The first-order chi connectivity index (χ1) is 11.7. The molecule has 7 heteroatoms. The maximum atomic E-state index is 12.2. The number of fused-ring (bicyclic) bond motifs is 1. The van der Waals surface area contributed by atoms with E-state index in [2.05, 4.69) is 26.6 Å². The zero-order chi connectivity index (χ0) is 16.8. The molecule has 0 spiro atoms. The second kappa shape index (κ2) is 8.23. The number of thiophene rings is 1. The summed E-state index contributed by atoms with van der Waals surface area (Å²) in [5, 5.41) is 5.00. The molecule has 1 aliphatic heterocycles. The number of hydrogen-bond donors (Lipinski definition) is 1. The van der Waals surface area contributed by atoms with Gasteiger partial charge in [0.25, 0.3) is 0 Å². The van der Waals surface area contributed by atoms with Crippen molar-refractivity contribution in [2.24, 2.45) is 0 Å². The molecule has 24 heavy (non-hydrogen) atoms. The summed E-state index contributed by atoms with van der Waals surface area (Å²) in [6.07, 6.45) is 2.63. The van der Waals surface area contributed by atoms with Crippen molar-refractivity contribution in [2.45, 2.75) is 13.0 Å². The van der Waals surface area contributed by atoms with E-state index in [1.165, 1.54) is 10.4 Å². The molecule has 128 valence electrons. The first kappa shape index (κ1) is 16.9. The highest BCUT2D eigenvalue weighted by atomic mass is 32.1. The van der Waals surface area contributed by atoms with Crippen LogP contribution in [0.4, 0.5) is 5.69 Å². The highest BCUT2D eigenvalue weighted by molar-refractivity contribution is 7.10. The quantitative estimate of drug-likeness (QED) is 0.778. The lowest BCUT2D eigenvalue weighted by Crippen LogP contribution is -2.36. The largest absolute Gasteiger partial charge is 0.475 e. The van der Waals surface area contributed by atoms with Gasteiger partial charge in [0.2, 0.25) is 11.8 Å². The lowest BCUT2D eigenvalue weighted by atomic mass is 10.1. The van der Waals surface area contributed by atoms with Gasteiger partial charge in [-0.25, -0.2) is 4.98 Å². The number of rotatable bonds is 7. The van der Waals surface area contributed by atoms with Crippen LogP contribution in [-0.4, -0.2) is 49.2 Å². The van der Waals surface area contributed by atoms with E-state index in [-0.39, 0.29) is 5.91 Å². The van der Waals surface area contributed by atoms with Gasteiger partial charge in [-0.2, -0.15) is 0 Å². The maximum absolute atomic E-state index is 12.2. The van der Waals surface area contributed by atoms with Crippen molar-refractivity contribution < 1.29 is 14.3 Å². The van der Waals surface area contributed by atoms with Gasteiger partial charge < -0.3 is 14.8 Å². The zero-order valence-electron chi connectivity index (χ0n) is 13.7. The van der Waals surface area contributed by atoms with Gasteiger partial charge in [-0.15, -0.1) is 11.3 Å². The second-order valence-electron chi connectivity index (χ2n) is 5.60. The number of aromatic nitrogens is 1. The minimum absolute atomic E-state index is 0.0245. The van der Waals surface area contributed by atoms with Crippen molar-refractivity contribution in [3.63, 3.8) is 0 Å². The summed E-state index contributed by atoms with van der Waals surface area (Å²) in [4.78, 5) is 20.0. The van der Waals surface area contributed by atoms with Gasteiger partial charge in [0, 0.05) is 31.1 Å². The number of carbonyl (C=O) groups excluding carboxylic acids is 1. The normalized spacial score (nSPS) is 14.2. The van der Waals surface area contributed by atoms with E-state index in [1.54, 1.807) is 36.8 Å². The van der Waals surface area contributed by atoms with Crippen LogP contribution in [0.2, 0.25) is 0 Å². The van der Waals surface area contributed by atoms with Gasteiger partial charge in [-0.1, -0.05) is 0 Å². The van der Waals surface area contributed by atoms with Crippen LogP contribution < -0.4 is 10.1 Å². The molecule has 0 bridgehead atoms. The molecular weight excluding hydrogens is 326 g/mol. The molecule has 3 heterocycles. The Morgan fingerprint density at radius 2 is 2.29 bits per heavy atom. The number of nitrogens with zero attached hydrogens (tertiary/aromatic N) is 2. The van der Waals surface area contributed by atoms with E-state index >= 15 is 0 Å². The van der Waals surface area contributed by atoms with Gasteiger partial charge >= 0.3 is 0 Å². The van der Waals surface area contributed by atoms with Crippen molar-refractivity contribution in [1.29, 1.82) is 0 Å². The monoisotopic (exact) mass is 347 g/mol. The number of methoxy groups -OCH3 is 1. The summed E-state index contributed by atoms with van der Waals surface area (Å²) in [7, 11) is 1.62. The van der Waals surface area contributed by atoms with Gasteiger partial charge in [-0.3, -0.25) is 9.69 Å². The number of hydrogen-bond acceptors (Lipinski definition) is 6. The summed E-state index contributed by atoms with van der Waals surface area (Å²) < 4.78 is 10.3. The minimum atomic E-state index is -0.0245. The van der Waals surface area contributed by atoms with Crippen LogP contribution in [0.5, 0.6) is 5.88 Å². The van der Waals surface area contributed by atoms with Crippen molar-refractivity contribution in [3.05, 3.63) is 40.2 Å². The Morgan fingerprint density at radius 3 is 3.08 bits per heavy atom. The molecule has 6 nitrogen and oxygen atoms in total. The minimum Gasteiger partial charge on any atom is -0.475 e. The Labute approximate surface area is 145 Å². The summed E-state index contributed by atoms with van der Waals surface area (Å²) in [6.45, 7) is 3.13. The Hall–Kier alpha value is -1.96. The molecule has 0 radical (unpaired) electrons. The van der Waals surface area contributed by atoms with Crippen LogP contribution in [-0.2, 0) is 22.5 Å². The summed E-state index contributed by atoms with van der Waals surface area (Å²) in [6, 6.07) is 5.68. The predicted octanol–water partition coefficient (Wildman–Crippen LogP) is 2.17. The topological polar surface area (TPSA) is 63.7 Å². The average molecular weight is 347 g/mol. The Balaban J connectivity index is 1.46. The molecule has 2 aromatic rings. The molecule has 0 aliphatic carbocycles. The Bertz CT molecular complexity index is 672. The van der Waals surface area contributed by atoms with E-state index < -0.39 is 0 Å². The van der Waals surface area contributed by atoms with E-state index in [0.717, 1.165) is 19.5 Å². The fourth-order valence-corrected chi connectivity index (χ4v) is 3.50. The third-order valence-electron chi connectivity index (χ3n) is 3.81. The zero-order valence-corrected chi connectivity index (χ0v) is 14.5. The fourth-order valence-electron chi connectivity index (χ4n) is 2.61. The third-order valence-corrected chi connectivity index (χ3v) is 4.83. The van der Waals surface area contributed by atoms with Crippen molar-refractivity contribution >= 4 is 22.9 Å².